The summed E-state index contributed by atoms with van der Waals surface area (Å²) in [6.07, 6.45) is -0.717. The number of amides is 2. The number of aromatic hydroxyl groups is 1. The number of rotatable bonds is 13. The van der Waals surface area contributed by atoms with Crippen LogP contribution in [0, 0.1) is 17.7 Å². The molecule has 9 rings (SSSR count). The number of thiazole rings is 1. The quantitative estimate of drug-likeness (QED) is 0.116. The highest BCUT2D eigenvalue weighted by Crippen LogP contribution is 2.38. The number of thiophene rings is 1. The van der Waals surface area contributed by atoms with E-state index in [1.807, 2.05) is 80.6 Å². The summed E-state index contributed by atoms with van der Waals surface area (Å²) in [5.74, 6) is 0.970. The first kappa shape index (κ1) is 42.5. The Labute approximate surface area is 372 Å². The first-order valence-electron chi connectivity index (χ1n) is 21.4. The summed E-state index contributed by atoms with van der Waals surface area (Å²) in [7, 11) is 0. The number of aromatic nitrogens is 4. The summed E-state index contributed by atoms with van der Waals surface area (Å²) in [4.78, 5) is 55.7. The van der Waals surface area contributed by atoms with Crippen LogP contribution < -0.4 is 10.2 Å². The minimum Gasteiger partial charge on any atom is -0.507 e. The number of aryl methyl sites for hydroxylation is 1. The van der Waals surface area contributed by atoms with Crippen LogP contribution in [0.1, 0.15) is 67.1 Å². The Balaban J connectivity index is 0.764. The molecule has 3 N–H and O–H groups in total. The number of nitrogens with one attached hydrogen (secondary N) is 1. The Hall–Kier alpha value is -5.82. The number of aliphatic hydroxyl groups is 1. The lowest BCUT2D eigenvalue weighted by atomic mass is 9.97. The molecule has 2 aromatic carbocycles. The predicted octanol–water partition coefficient (Wildman–Crippen LogP) is 5.94. The summed E-state index contributed by atoms with van der Waals surface area (Å²) >= 11 is 3.19. The van der Waals surface area contributed by atoms with Crippen LogP contribution in [0.3, 0.4) is 0 Å². The number of phenols is 1. The van der Waals surface area contributed by atoms with Gasteiger partial charge in [-0.1, -0.05) is 55.4 Å². The molecule has 4 aromatic heterocycles. The number of aliphatic hydroxyl groups excluding tert-OH is 1. The Morgan fingerprint density at radius 3 is 2.46 bits per heavy atom. The van der Waals surface area contributed by atoms with Crippen molar-refractivity contribution in [3.63, 3.8) is 0 Å². The summed E-state index contributed by atoms with van der Waals surface area (Å²) < 4.78 is 5.84. The van der Waals surface area contributed by atoms with Crippen LogP contribution in [-0.4, -0.2) is 127 Å². The van der Waals surface area contributed by atoms with Crippen molar-refractivity contribution in [2.24, 2.45) is 5.92 Å². The van der Waals surface area contributed by atoms with Gasteiger partial charge in [0.15, 0.2) is 11.9 Å². The molecule has 3 aliphatic heterocycles. The van der Waals surface area contributed by atoms with Gasteiger partial charge in [-0.15, -0.1) is 37.9 Å². The third-order valence-corrected chi connectivity index (χ3v) is 14.6. The van der Waals surface area contributed by atoms with Gasteiger partial charge in [0, 0.05) is 79.4 Å². The van der Waals surface area contributed by atoms with E-state index in [-0.39, 0.29) is 48.4 Å². The van der Waals surface area contributed by atoms with Crippen molar-refractivity contribution in [1.82, 2.24) is 40.5 Å². The van der Waals surface area contributed by atoms with Crippen LogP contribution in [0.5, 0.6) is 5.75 Å². The zero-order valence-electron chi connectivity index (χ0n) is 35.6. The van der Waals surface area contributed by atoms with E-state index in [4.69, 9.17) is 4.52 Å². The molecular formula is C45H51N10O6S2+. The molecule has 4 atom stereocenters. The van der Waals surface area contributed by atoms with Crippen molar-refractivity contribution in [3.05, 3.63) is 99.0 Å². The van der Waals surface area contributed by atoms with Crippen LogP contribution in [0.4, 0.5) is 5.82 Å². The number of hydrogen-bond acceptors (Lipinski definition) is 14. The molecule has 7 heterocycles. The van der Waals surface area contributed by atoms with Crippen molar-refractivity contribution < 1.29 is 29.2 Å². The van der Waals surface area contributed by atoms with Gasteiger partial charge in [-0.3, -0.25) is 14.5 Å². The van der Waals surface area contributed by atoms with Crippen molar-refractivity contribution >= 4 is 50.5 Å². The smallest absolute Gasteiger partial charge is 0.296 e. The molecule has 328 valence electrons. The van der Waals surface area contributed by atoms with Crippen molar-refractivity contribution in [1.29, 1.82) is 0 Å². The average molecular weight is 892 g/mol. The van der Waals surface area contributed by atoms with E-state index in [1.165, 1.54) is 9.89 Å². The number of para-hydroxylation sites is 1. The highest BCUT2D eigenvalue weighted by atomic mass is 32.1. The zero-order chi connectivity index (χ0) is 43.9. The highest BCUT2D eigenvalue weighted by Gasteiger charge is 2.50. The number of anilines is 1. The first-order chi connectivity index (χ1) is 30.4. The Bertz CT molecular complexity index is 2620. The molecule has 3 saturated heterocycles. The van der Waals surface area contributed by atoms with Crippen LogP contribution >= 0.6 is 22.7 Å². The van der Waals surface area contributed by atoms with E-state index in [0.717, 1.165) is 36.8 Å². The highest BCUT2D eigenvalue weighted by molar-refractivity contribution is 7.18. The van der Waals surface area contributed by atoms with Gasteiger partial charge in [-0.05, 0) is 49.2 Å². The molecule has 0 radical (unpaired) electrons. The van der Waals surface area contributed by atoms with Crippen LogP contribution in [0.2, 0.25) is 0 Å². The Morgan fingerprint density at radius 1 is 0.984 bits per heavy atom. The van der Waals surface area contributed by atoms with Gasteiger partial charge in [0.1, 0.15) is 22.0 Å². The summed E-state index contributed by atoms with van der Waals surface area (Å²) in [5.41, 5.74) is 6.05. The van der Waals surface area contributed by atoms with Gasteiger partial charge in [0.25, 0.3) is 6.04 Å². The predicted molar refractivity (Wildman–Crippen MR) is 240 cm³/mol. The van der Waals surface area contributed by atoms with E-state index >= 15 is 0 Å². The number of fused-ring (bicyclic) bond motifs is 1. The number of β-amino-alcohol motifs (C(OH)–C–C–N with tert-alkyl or cyclic N) is 1. The van der Waals surface area contributed by atoms with Crippen molar-refractivity contribution in [2.75, 3.05) is 57.3 Å². The number of hydrazine groups is 1. The molecule has 3 fully saturated rings. The molecule has 18 heteroatoms. The van der Waals surface area contributed by atoms with Gasteiger partial charge < -0.3 is 29.9 Å². The van der Waals surface area contributed by atoms with Gasteiger partial charge >= 0.3 is 0 Å². The zero-order valence-corrected chi connectivity index (χ0v) is 37.3. The number of benzene rings is 2. The standard InChI is InChI=1S/C45H50N10O6S2/c1-26(2)42(55(60)54-23-33(56)19-36(54)44(59)47-27(3)29-9-11-30(12-10-29)43-28(4)46-25-62-43)38-20-40(50-61-38)52-15-13-51(14-16-52)24-41(58)53-21-32(22-53)39-18-31-17-35(48-49-45(31)63-39)34-7-5-6-8-37(34)57/h5-12,17-18,20,25-27,32-33,36,42,56H,13-16,19,21-24H2,1-4H3,(H-,47,48,57,59)/p+1/t27-,33+,36-,42+/m0/s1. The first-order valence-corrected chi connectivity index (χ1v) is 23.1. The Morgan fingerprint density at radius 2 is 1.75 bits per heavy atom. The number of hydrogen-bond donors (Lipinski definition) is 3. The molecule has 6 aromatic rings. The van der Waals surface area contributed by atoms with Gasteiger partial charge in [-0.25, -0.2) is 4.98 Å². The van der Waals surface area contributed by atoms with E-state index in [2.05, 4.69) is 41.5 Å². The molecular weight excluding hydrogens is 841 g/mol. The lowest BCUT2D eigenvalue weighted by Gasteiger charge is -2.41. The van der Waals surface area contributed by atoms with Crippen molar-refractivity contribution in [2.45, 2.75) is 64.3 Å². The third kappa shape index (κ3) is 8.76. The number of piperazine rings is 1. The van der Waals surface area contributed by atoms with E-state index in [1.54, 1.807) is 40.9 Å². The third-order valence-electron chi connectivity index (χ3n) is 12.4. The SMILES string of the molecule is Cc1ncsc1-c1ccc([C@H](C)NC(=O)[C@@H]2C[C@@H](O)CN2[N+](=O)[C@@H](c2cc(N3CCN(CC(=O)N4CC(c5cc6cc(-c7ccccc7O)nnc6s5)C4)CC3)no2)C(C)C)cc1. The molecule has 0 spiro atoms. The van der Waals surface area contributed by atoms with E-state index < -0.39 is 18.2 Å². The molecule has 3 aliphatic rings. The average Bonchev–Trinajstić information content (AvgIpc) is 4.08. The molecule has 2 amide bonds. The fourth-order valence-corrected chi connectivity index (χ4v) is 10.6. The summed E-state index contributed by atoms with van der Waals surface area (Å²) in [6.45, 7) is 12.0. The molecule has 16 nitrogen and oxygen atoms in total. The fourth-order valence-electron chi connectivity index (χ4n) is 8.76. The number of likely N-dealkylation sites (tertiary alicyclic amines) is 1. The maximum atomic E-state index is 14.2. The van der Waals surface area contributed by atoms with Crippen LogP contribution in [-0.2, 0) is 9.59 Å². The lowest BCUT2D eigenvalue weighted by Crippen LogP contribution is -2.54. The topological polar surface area (TPSA) is 184 Å². The monoisotopic (exact) mass is 891 g/mol. The van der Waals surface area contributed by atoms with Gasteiger partial charge in [0.05, 0.1) is 45.4 Å². The normalized spacial score (nSPS) is 19.4. The minimum atomic E-state index is -0.864. The van der Waals surface area contributed by atoms with E-state index in [9.17, 15) is 24.7 Å². The van der Waals surface area contributed by atoms with Crippen LogP contribution in [0.25, 0.3) is 31.9 Å². The van der Waals surface area contributed by atoms with E-state index in [0.29, 0.717) is 68.6 Å². The molecule has 0 aliphatic carbocycles. The second kappa shape index (κ2) is 17.7. The summed E-state index contributed by atoms with van der Waals surface area (Å²) in [6, 6.07) is 19.0. The molecule has 0 saturated carbocycles. The largest absolute Gasteiger partial charge is 0.507 e. The fraction of sp³-hybridized carbons (Fsp3) is 0.422. The number of phenolic OH excluding ortho intramolecular Hbond substituents is 1. The Kier molecular flexibility index (Phi) is 12.0. The number of nitroso groups, excluding NO2 is 1. The molecule has 63 heavy (non-hydrogen) atoms. The molecule has 0 unspecified atom stereocenters. The minimum absolute atomic E-state index is 0.0187. The van der Waals surface area contributed by atoms with Gasteiger partial charge in [-0.2, -0.15) is 0 Å². The number of nitrogens with zero attached hydrogens (tertiary/aromatic N) is 9. The second-order valence-corrected chi connectivity index (χ2v) is 19.1. The maximum absolute atomic E-state index is 14.2. The number of carbonyl (C=O) groups is 2. The maximum Gasteiger partial charge on any atom is 0.296 e. The van der Waals surface area contributed by atoms with Crippen molar-refractivity contribution in [3.8, 4) is 27.4 Å². The summed E-state index contributed by atoms with van der Waals surface area (Å²) in [5, 5.41) is 39.5. The lowest BCUT2D eigenvalue weighted by molar-refractivity contribution is -0.748. The van der Waals surface area contributed by atoms with Crippen LogP contribution in [0.15, 0.2) is 76.8 Å². The molecule has 0 bridgehead atoms. The van der Waals surface area contributed by atoms with Gasteiger partial charge in [0.2, 0.25) is 17.6 Å². The number of carbonyl (C=O) groups excluding carboxylic acids is 2. The second-order valence-electron chi connectivity index (χ2n) is 17.1.